The van der Waals surface area contributed by atoms with Crippen molar-refractivity contribution < 1.29 is 28.5 Å². The van der Waals surface area contributed by atoms with E-state index >= 15 is 0 Å². The summed E-state index contributed by atoms with van der Waals surface area (Å²) in [4.78, 5) is 12.8. The topological polar surface area (TPSA) is 75.3 Å². The van der Waals surface area contributed by atoms with Crippen molar-refractivity contribution in [3.63, 3.8) is 0 Å². The Hall–Kier alpha value is -3.87. The fourth-order valence-electron chi connectivity index (χ4n) is 3.06. The molecule has 0 bridgehead atoms. The van der Waals surface area contributed by atoms with E-state index in [9.17, 15) is 4.79 Å². The molecule has 0 spiro atoms. The van der Waals surface area contributed by atoms with E-state index in [1.807, 2.05) is 30.3 Å². The summed E-state index contributed by atoms with van der Waals surface area (Å²) in [5.74, 6) is 2.16. The molecule has 4 rings (SSSR count). The number of hydrogen-bond donors (Lipinski definition) is 1. The van der Waals surface area contributed by atoms with Crippen LogP contribution in [0.5, 0.6) is 28.7 Å². The highest BCUT2D eigenvalue weighted by atomic mass is 16.7. The summed E-state index contributed by atoms with van der Waals surface area (Å²) in [6.45, 7) is 0.516. The normalized spacial score (nSPS) is 11.7. The number of ether oxygens (including phenoxy) is 5. The molecule has 0 saturated carbocycles. The highest BCUT2D eigenvalue weighted by molar-refractivity contribution is 6.05. The van der Waals surface area contributed by atoms with Crippen LogP contribution in [0.4, 0.5) is 5.69 Å². The number of benzene rings is 3. The number of nitrogens with one attached hydrogen (secondary N) is 1. The predicted molar refractivity (Wildman–Crippen MR) is 111 cm³/mol. The number of rotatable bonds is 7. The second kappa shape index (κ2) is 8.65. The van der Waals surface area contributed by atoms with Gasteiger partial charge in [-0.05, 0) is 29.8 Å². The molecule has 1 amide bonds. The molecular formula is C23H21NO6. The lowest BCUT2D eigenvalue weighted by atomic mass is 10.1. The van der Waals surface area contributed by atoms with Gasteiger partial charge >= 0.3 is 0 Å². The van der Waals surface area contributed by atoms with Crippen molar-refractivity contribution >= 4 is 11.6 Å². The second-order valence-electron chi connectivity index (χ2n) is 6.51. The summed E-state index contributed by atoms with van der Waals surface area (Å²) in [6.07, 6.45) is 0. The number of amides is 1. The lowest BCUT2D eigenvalue weighted by Crippen LogP contribution is -2.12. The fraction of sp³-hybridized carbons (Fsp3) is 0.174. The van der Waals surface area contributed by atoms with Crippen LogP contribution in [-0.4, -0.2) is 26.9 Å². The molecule has 1 aliphatic rings. The van der Waals surface area contributed by atoms with Crippen molar-refractivity contribution in [2.24, 2.45) is 0 Å². The Morgan fingerprint density at radius 3 is 2.33 bits per heavy atom. The minimum Gasteiger partial charge on any atom is -0.493 e. The third-order valence-electron chi connectivity index (χ3n) is 4.58. The first-order valence-corrected chi connectivity index (χ1v) is 9.31. The van der Waals surface area contributed by atoms with Crippen molar-refractivity contribution in [2.75, 3.05) is 26.3 Å². The zero-order chi connectivity index (χ0) is 20.9. The van der Waals surface area contributed by atoms with Gasteiger partial charge in [0.1, 0.15) is 6.61 Å². The minimum atomic E-state index is -0.319. The molecule has 154 valence electrons. The Bertz CT molecular complexity index is 1030. The van der Waals surface area contributed by atoms with E-state index in [-0.39, 0.29) is 12.7 Å². The van der Waals surface area contributed by atoms with E-state index in [0.29, 0.717) is 46.6 Å². The first-order valence-electron chi connectivity index (χ1n) is 9.31. The van der Waals surface area contributed by atoms with Crippen LogP contribution in [0.2, 0.25) is 0 Å². The third-order valence-corrected chi connectivity index (χ3v) is 4.58. The van der Waals surface area contributed by atoms with Crippen LogP contribution in [0.15, 0.2) is 60.7 Å². The summed E-state index contributed by atoms with van der Waals surface area (Å²) in [6, 6.07) is 18.2. The van der Waals surface area contributed by atoms with Crippen molar-refractivity contribution in [2.45, 2.75) is 6.61 Å². The van der Waals surface area contributed by atoms with Gasteiger partial charge in [-0.15, -0.1) is 0 Å². The standard InChI is InChI=1S/C23H21NO6/c1-26-20-10-16(23(25)24-17-8-9-18-19(12-17)30-14-29-18)11-21(27-2)22(20)28-13-15-6-4-3-5-7-15/h3-12H,13-14H2,1-2H3,(H,24,25). The van der Waals surface area contributed by atoms with Crippen molar-refractivity contribution in [1.82, 2.24) is 0 Å². The number of fused-ring (bicyclic) bond motifs is 1. The van der Waals surface area contributed by atoms with Gasteiger partial charge in [-0.3, -0.25) is 4.79 Å². The van der Waals surface area contributed by atoms with Gasteiger partial charge in [-0.2, -0.15) is 0 Å². The van der Waals surface area contributed by atoms with Gasteiger partial charge in [-0.25, -0.2) is 0 Å². The van der Waals surface area contributed by atoms with Crippen molar-refractivity contribution in [1.29, 1.82) is 0 Å². The summed E-state index contributed by atoms with van der Waals surface area (Å²) < 4.78 is 27.5. The number of hydrogen-bond acceptors (Lipinski definition) is 6. The summed E-state index contributed by atoms with van der Waals surface area (Å²) in [7, 11) is 3.04. The molecule has 0 unspecified atom stereocenters. The first-order chi connectivity index (χ1) is 14.7. The van der Waals surface area contributed by atoms with E-state index in [2.05, 4.69) is 5.32 Å². The maximum Gasteiger partial charge on any atom is 0.255 e. The maximum absolute atomic E-state index is 12.8. The van der Waals surface area contributed by atoms with E-state index in [1.165, 1.54) is 14.2 Å². The maximum atomic E-state index is 12.8. The molecule has 1 N–H and O–H groups in total. The van der Waals surface area contributed by atoms with E-state index in [1.54, 1.807) is 30.3 Å². The Kier molecular flexibility index (Phi) is 5.61. The summed E-state index contributed by atoms with van der Waals surface area (Å²) in [5.41, 5.74) is 1.96. The van der Waals surface area contributed by atoms with Gasteiger partial charge in [0.05, 0.1) is 14.2 Å². The number of carbonyl (C=O) groups excluding carboxylic acids is 1. The van der Waals surface area contributed by atoms with Crippen LogP contribution < -0.4 is 29.0 Å². The van der Waals surface area contributed by atoms with E-state index < -0.39 is 0 Å². The van der Waals surface area contributed by atoms with E-state index in [4.69, 9.17) is 23.7 Å². The monoisotopic (exact) mass is 407 g/mol. The smallest absolute Gasteiger partial charge is 0.255 e. The molecule has 3 aromatic rings. The highest BCUT2D eigenvalue weighted by Gasteiger charge is 2.19. The van der Waals surface area contributed by atoms with Gasteiger partial charge in [0.2, 0.25) is 12.5 Å². The summed E-state index contributed by atoms with van der Waals surface area (Å²) in [5, 5.41) is 2.84. The first kappa shape index (κ1) is 19.4. The van der Waals surface area contributed by atoms with Crippen molar-refractivity contribution in [3.05, 3.63) is 71.8 Å². The van der Waals surface area contributed by atoms with Gasteiger partial charge < -0.3 is 29.0 Å². The molecular weight excluding hydrogens is 386 g/mol. The average Bonchev–Trinajstić information content (AvgIpc) is 3.25. The quantitative estimate of drug-likeness (QED) is 0.631. The van der Waals surface area contributed by atoms with Crippen LogP contribution in [0.3, 0.4) is 0 Å². The van der Waals surface area contributed by atoms with E-state index in [0.717, 1.165) is 5.56 Å². The van der Waals surface area contributed by atoms with Gasteiger partial charge in [0.15, 0.2) is 23.0 Å². The van der Waals surface area contributed by atoms with Crippen LogP contribution in [0.25, 0.3) is 0 Å². The van der Waals surface area contributed by atoms with Crippen LogP contribution >= 0.6 is 0 Å². The van der Waals surface area contributed by atoms with Gasteiger partial charge in [0, 0.05) is 17.3 Å². The average molecular weight is 407 g/mol. The lowest BCUT2D eigenvalue weighted by Gasteiger charge is -2.16. The number of carbonyl (C=O) groups is 1. The number of anilines is 1. The molecule has 7 nitrogen and oxygen atoms in total. The molecule has 1 heterocycles. The molecule has 0 radical (unpaired) electrons. The van der Waals surface area contributed by atoms with Gasteiger partial charge in [0.25, 0.3) is 5.91 Å². The molecule has 0 saturated heterocycles. The zero-order valence-electron chi connectivity index (χ0n) is 16.6. The highest BCUT2D eigenvalue weighted by Crippen LogP contribution is 2.39. The summed E-state index contributed by atoms with van der Waals surface area (Å²) >= 11 is 0. The molecule has 7 heteroatoms. The fourth-order valence-corrected chi connectivity index (χ4v) is 3.06. The molecule has 3 aromatic carbocycles. The lowest BCUT2D eigenvalue weighted by molar-refractivity contribution is 0.102. The predicted octanol–water partition coefficient (Wildman–Crippen LogP) is 4.26. The molecule has 0 atom stereocenters. The van der Waals surface area contributed by atoms with Crippen LogP contribution in [0.1, 0.15) is 15.9 Å². The van der Waals surface area contributed by atoms with Crippen LogP contribution in [-0.2, 0) is 6.61 Å². The third kappa shape index (κ3) is 4.10. The van der Waals surface area contributed by atoms with Crippen LogP contribution in [0, 0.1) is 0 Å². The SMILES string of the molecule is COc1cc(C(=O)Nc2ccc3c(c2)OCO3)cc(OC)c1OCc1ccccc1. The van der Waals surface area contributed by atoms with Crippen molar-refractivity contribution in [3.8, 4) is 28.7 Å². The Labute approximate surface area is 174 Å². The molecule has 0 aromatic heterocycles. The minimum absolute atomic E-state index is 0.172. The Morgan fingerprint density at radius 1 is 0.933 bits per heavy atom. The zero-order valence-corrected chi connectivity index (χ0v) is 16.6. The molecule has 0 fully saturated rings. The Balaban J connectivity index is 1.55. The largest absolute Gasteiger partial charge is 0.493 e. The molecule has 30 heavy (non-hydrogen) atoms. The Morgan fingerprint density at radius 2 is 1.63 bits per heavy atom. The number of methoxy groups -OCH3 is 2. The van der Waals surface area contributed by atoms with Gasteiger partial charge in [-0.1, -0.05) is 30.3 Å². The molecule has 0 aliphatic carbocycles. The second-order valence-corrected chi connectivity index (χ2v) is 6.51. The molecule has 1 aliphatic heterocycles.